The van der Waals surface area contributed by atoms with Gasteiger partial charge in [0.2, 0.25) is 11.8 Å². The molecule has 0 aromatic heterocycles. The Balaban J connectivity index is 2.07. The maximum atomic E-state index is 12.5. The van der Waals surface area contributed by atoms with Crippen LogP contribution >= 0.6 is 0 Å². The number of carbonyl (C=O) groups is 2. The van der Waals surface area contributed by atoms with Crippen LogP contribution < -0.4 is 16.4 Å². The van der Waals surface area contributed by atoms with Crippen molar-refractivity contribution in [2.24, 2.45) is 5.73 Å². The van der Waals surface area contributed by atoms with Crippen LogP contribution in [0.3, 0.4) is 0 Å². The minimum atomic E-state index is -0.702. The highest BCUT2D eigenvalue weighted by Crippen LogP contribution is 2.13. The van der Waals surface area contributed by atoms with Crippen LogP contribution in [0.4, 0.5) is 0 Å². The first-order valence-corrected chi connectivity index (χ1v) is 7.48. The lowest BCUT2D eigenvalue weighted by Crippen LogP contribution is -2.39. The van der Waals surface area contributed by atoms with Gasteiger partial charge in [-0.2, -0.15) is 0 Å². The van der Waals surface area contributed by atoms with Gasteiger partial charge in [0.1, 0.15) is 6.04 Å². The molecule has 0 aliphatic heterocycles. The van der Waals surface area contributed by atoms with Gasteiger partial charge in [0, 0.05) is 20.0 Å². The van der Waals surface area contributed by atoms with Gasteiger partial charge in [0.25, 0.3) is 0 Å². The molecule has 0 saturated carbocycles. The zero-order chi connectivity index (χ0) is 16.7. The standard InChI is InChI=1S/C18H21N3O2/c1-13(22)21-17(16-8-3-2-4-9-16)18(23)20-12-15-7-5-6-14(10-15)11-19/h2-10,17H,11-12,19H2,1H3,(H,20,23)(H,21,22)/t17-/m1/s1. The predicted octanol–water partition coefficient (Wildman–Crippen LogP) is 1.64. The molecule has 0 heterocycles. The largest absolute Gasteiger partial charge is 0.350 e. The molecule has 0 radical (unpaired) electrons. The normalized spacial score (nSPS) is 11.6. The van der Waals surface area contributed by atoms with Gasteiger partial charge in [0.05, 0.1) is 0 Å². The van der Waals surface area contributed by atoms with Crippen molar-refractivity contribution in [3.63, 3.8) is 0 Å². The fraction of sp³-hybridized carbons (Fsp3) is 0.222. The molecule has 2 amide bonds. The van der Waals surface area contributed by atoms with Gasteiger partial charge in [-0.15, -0.1) is 0 Å². The van der Waals surface area contributed by atoms with Crippen molar-refractivity contribution in [1.82, 2.24) is 10.6 Å². The van der Waals surface area contributed by atoms with Gasteiger partial charge < -0.3 is 16.4 Å². The quantitative estimate of drug-likeness (QED) is 0.758. The molecule has 120 valence electrons. The van der Waals surface area contributed by atoms with Crippen molar-refractivity contribution in [2.45, 2.75) is 26.1 Å². The predicted molar refractivity (Wildman–Crippen MR) is 89.2 cm³/mol. The zero-order valence-electron chi connectivity index (χ0n) is 13.1. The highest BCUT2D eigenvalue weighted by atomic mass is 16.2. The van der Waals surface area contributed by atoms with E-state index >= 15 is 0 Å². The van der Waals surface area contributed by atoms with Gasteiger partial charge >= 0.3 is 0 Å². The number of hydrogen-bond donors (Lipinski definition) is 3. The fourth-order valence-electron chi connectivity index (χ4n) is 2.31. The van der Waals surface area contributed by atoms with Crippen LogP contribution in [0.5, 0.6) is 0 Å². The Morgan fingerprint density at radius 2 is 1.74 bits per heavy atom. The smallest absolute Gasteiger partial charge is 0.247 e. The Bertz CT molecular complexity index is 671. The van der Waals surface area contributed by atoms with Crippen molar-refractivity contribution in [3.8, 4) is 0 Å². The molecule has 2 aromatic rings. The van der Waals surface area contributed by atoms with Gasteiger partial charge in [-0.1, -0.05) is 54.6 Å². The Labute approximate surface area is 135 Å². The molecule has 4 N–H and O–H groups in total. The first-order chi connectivity index (χ1) is 11.1. The second-order valence-corrected chi connectivity index (χ2v) is 5.29. The summed E-state index contributed by atoms with van der Waals surface area (Å²) in [5.74, 6) is -0.497. The van der Waals surface area contributed by atoms with Crippen molar-refractivity contribution in [1.29, 1.82) is 0 Å². The number of hydrogen-bond acceptors (Lipinski definition) is 3. The Morgan fingerprint density at radius 3 is 2.39 bits per heavy atom. The van der Waals surface area contributed by atoms with E-state index in [-0.39, 0.29) is 11.8 Å². The zero-order valence-corrected chi connectivity index (χ0v) is 13.1. The molecule has 5 heteroatoms. The van der Waals surface area contributed by atoms with Crippen molar-refractivity contribution < 1.29 is 9.59 Å². The Morgan fingerprint density at radius 1 is 1.04 bits per heavy atom. The third-order valence-corrected chi connectivity index (χ3v) is 3.44. The molecule has 0 aliphatic carbocycles. The molecule has 5 nitrogen and oxygen atoms in total. The summed E-state index contributed by atoms with van der Waals surface area (Å²) in [5, 5.41) is 5.54. The summed E-state index contributed by atoms with van der Waals surface area (Å²) in [6, 6.07) is 16.2. The lowest BCUT2D eigenvalue weighted by Gasteiger charge is -2.18. The fourth-order valence-corrected chi connectivity index (χ4v) is 2.31. The summed E-state index contributed by atoms with van der Waals surface area (Å²) in [6.07, 6.45) is 0. The molecule has 0 saturated heterocycles. The average Bonchev–Trinajstić information content (AvgIpc) is 2.58. The highest BCUT2D eigenvalue weighted by molar-refractivity contribution is 5.87. The number of rotatable bonds is 6. The minimum Gasteiger partial charge on any atom is -0.350 e. The summed E-state index contributed by atoms with van der Waals surface area (Å²) in [4.78, 5) is 23.8. The van der Waals surface area contributed by atoms with Gasteiger partial charge in [-0.05, 0) is 16.7 Å². The molecule has 0 spiro atoms. The summed E-state index contributed by atoms with van der Waals surface area (Å²) in [6.45, 7) is 2.24. The van der Waals surface area contributed by atoms with E-state index in [1.807, 2.05) is 54.6 Å². The van der Waals surface area contributed by atoms with Gasteiger partial charge in [0.15, 0.2) is 0 Å². The monoisotopic (exact) mass is 311 g/mol. The van der Waals surface area contributed by atoms with Crippen LogP contribution in [0.1, 0.15) is 29.7 Å². The number of benzene rings is 2. The summed E-state index contributed by atoms with van der Waals surface area (Å²) in [7, 11) is 0. The summed E-state index contributed by atoms with van der Waals surface area (Å²) in [5.41, 5.74) is 8.35. The first-order valence-electron chi connectivity index (χ1n) is 7.48. The van der Waals surface area contributed by atoms with Crippen LogP contribution in [-0.4, -0.2) is 11.8 Å². The maximum absolute atomic E-state index is 12.5. The van der Waals surface area contributed by atoms with E-state index in [1.54, 1.807) is 0 Å². The minimum absolute atomic E-state index is 0.246. The molecule has 2 aromatic carbocycles. The third-order valence-electron chi connectivity index (χ3n) is 3.44. The lowest BCUT2D eigenvalue weighted by molar-refractivity contribution is -0.128. The highest BCUT2D eigenvalue weighted by Gasteiger charge is 2.20. The van der Waals surface area contributed by atoms with E-state index in [4.69, 9.17) is 5.73 Å². The van der Waals surface area contributed by atoms with E-state index in [0.717, 1.165) is 16.7 Å². The Hall–Kier alpha value is -2.66. The number of carbonyl (C=O) groups excluding carboxylic acids is 2. The average molecular weight is 311 g/mol. The first kappa shape index (κ1) is 16.7. The van der Waals surface area contributed by atoms with E-state index in [0.29, 0.717) is 13.1 Å². The third kappa shape index (κ3) is 4.93. The van der Waals surface area contributed by atoms with Gasteiger partial charge in [-0.3, -0.25) is 9.59 Å². The molecule has 0 aliphatic rings. The van der Waals surface area contributed by atoms with Crippen LogP contribution in [0.25, 0.3) is 0 Å². The number of nitrogens with two attached hydrogens (primary N) is 1. The molecule has 2 rings (SSSR count). The van der Waals surface area contributed by atoms with E-state index in [9.17, 15) is 9.59 Å². The number of amides is 2. The summed E-state index contributed by atoms with van der Waals surface area (Å²) >= 11 is 0. The van der Waals surface area contributed by atoms with Crippen LogP contribution in [0.15, 0.2) is 54.6 Å². The second-order valence-electron chi connectivity index (χ2n) is 5.29. The molecule has 1 atom stereocenters. The van der Waals surface area contributed by atoms with E-state index < -0.39 is 6.04 Å². The molecule has 0 bridgehead atoms. The molecule has 0 unspecified atom stereocenters. The Kier molecular flexibility index (Phi) is 5.88. The van der Waals surface area contributed by atoms with E-state index in [1.165, 1.54) is 6.92 Å². The van der Waals surface area contributed by atoms with Gasteiger partial charge in [-0.25, -0.2) is 0 Å². The van der Waals surface area contributed by atoms with Crippen molar-refractivity contribution >= 4 is 11.8 Å². The van der Waals surface area contributed by atoms with Crippen molar-refractivity contribution in [3.05, 3.63) is 71.3 Å². The van der Waals surface area contributed by atoms with Crippen molar-refractivity contribution in [2.75, 3.05) is 0 Å². The van der Waals surface area contributed by atoms with Crippen LogP contribution in [0, 0.1) is 0 Å². The molecule has 23 heavy (non-hydrogen) atoms. The molecular formula is C18H21N3O2. The summed E-state index contributed by atoms with van der Waals surface area (Å²) < 4.78 is 0. The lowest BCUT2D eigenvalue weighted by atomic mass is 10.1. The molecule has 0 fully saturated rings. The SMILES string of the molecule is CC(=O)N[C@@H](C(=O)NCc1cccc(CN)c1)c1ccccc1. The number of nitrogens with one attached hydrogen (secondary N) is 2. The van der Waals surface area contributed by atoms with Crippen LogP contribution in [0.2, 0.25) is 0 Å². The second kappa shape index (κ2) is 8.10. The topological polar surface area (TPSA) is 84.2 Å². The van der Waals surface area contributed by atoms with Crippen LogP contribution in [-0.2, 0) is 22.7 Å². The maximum Gasteiger partial charge on any atom is 0.247 e. The molecular weight excluding hydrogens is 290 g/mol. The van der Waals surface area contributed by atoms with E-state index in [2.05, 4.69) is 10.6 Å².